The highest BCUT2D eigenvalue weighted by Crippen LogP contribution is 2.35. The number of likely N-dealkylation sites (tertiary alicyclic amines) is 1. The van der Waals surface area contributed by atoms with Gasteiger partial charge in [-0.1, -0.05) is 48.9 Å². The molecule has 0 aliphatic carbocycles. The fourth-order valence-corrected chi connectivity index (χ4v) is 4.13. The van der Waals surface area contributed by atoms with E-state index in [4.69, 9.17) is 4.74 Å². The molecule has 2 aliphatic rings. The molecule has 0 radical (unpaired) electrons. The predicted octanol–water partition coefficient (Wildman–Crippen LogP) is 4.02. The number of carbonyl (C=O) groups excluding carboxylic acids is 2. The van der Waals surface area contributed by atoms with Crippen LogP contribution < -0.4 is 4.74 Å². The summed E-state index contributed by atoms with van der Waals surface area (Å²) < 4.78 is 5.26. The van der Waals surface area contributed by atoms with E-state index in [0.717, 1.165) is 48.4 Å². The molecule has 156 valence electrons. The molecule has 2 aromatic carbocycles. The normalized spacial score (nSPS) is 17.8. The third-order valence-electron chi connectivity index (χ3n) is 6.08. The molecule has 1 saturated heterocycles. The summed E-state index contributed by atoms with van der Waals surface area (Å²) in [4.78, 5) is 30.4. The number of methoxy groups -OCH3 is 1. The van der Waals surface area contributed by atoms with Gasteiger partial charge in [-0.2, -0.15) is 0 Å². The Kier molecular flexibility index (Phi) is 5.62. The third-order valence-corrected chi connectivity index (χ3v) is 6.08. The molecule has 2 aromatic rings. The van der Waals surface area contributed by atoms with Gasteiger partial charge >= 0.3 is 0 Å². The van der Waals surface area contributed by atoms with Crippen LogP contribution in [0, 0.1) is 12.8 Å². The van der Waals surface area contributed by atoms with Crippen molar-refractivity contribution in [3.05, 3.63) is 70.9 Å². The zero-order chi connectivity index (χ0) is 21.3. The summed E-state index contributed by atoms with van der Waals surface area (Å²) in [5.41, 5.74) is 3.91. The van der Waals surface area contributed by atoms with Crippen molar-refractivity contribution < 1.29 is 14.3 Å². The van der Waals surface area contributed by atoms with Crippen molar-refractivity contribution in [2.24, 2.45) is 5.92 Å². The van der Waals surface area contributed by atoms with Crippen molar-refractivity contribution in [2.75, 3.05) is 20.2 Å². The van der Waals surface area contributed by atoms with E-state index in [1.54, 1.807) is 7.11 Å². The SMILES string of the molecule is COc1ccc(C2=C(N3CCC(C)CC3)C(=O)N(Cc3ccc(C)cc3)C2=O)cc1. The maximum atomic E-state index is 13.5. The number of rotatable bonds is 5. The number of piperidine rings is 1. The first-order valence-corrected chi connectivity index (χ1v) is 10.5. The molecular formula is C25H28N2O3. The van der Waals surface area contributed by atoms with E-state index < -0.39 is 0 Å². The molecule has 2 amide bonds. The molecule has 5 heteroatoms. The van der Waals surface area contributed by atoms with Gasteiger partial charge in [0.2, 0.25) is 0 Å². The average molecular weight is 405 g/mol. The van der Waals surface area contributed by atoms with Crippen LogP contribution in [-0.2, 0) is 16.1 Å². The molecule has 0 atom stereocenters. The number of benzene rings is 2. The minimum atomic E-state index is -0.223. The molecular weight excluding hydrogens is 376 g/mol. The Morgan fingerprint density at radius 3 is 2.17 bits per heavy atom. The van der Waals surface area contributed by atoms with Gasteiger partial charge < -0.3 is 9.64 Å². The van der Waals surface area contributed by atoms with Crippen molar-refractivity contribution in [1.29, 1.82) is 0 Å². The van der Waals surface area contributed by atoms with E-state index in [1.807, 2.05) is 55.5 Å². The first-order valence-electron chi connectivity index (χ1n) is 10.5. The van der Waals surface area contributed by atoms with Crippen LogP contribution in [0.2, 0.25) is 0 Å². The van der Waals surface area contributed by atoms with Gasteiger partial charge in [0.05, 0.1) is 19.2 Å². The third kappa shape index (κ3) is 3.84. The topological polar surface area (TPSA) is 49.9 Å². The lowest BCUT2D eigenvalue weighted by atomic mass is 9.97. The highest BCUT2D eigenvalue weighted by molar-refractivity contribution is 6.35. The van der Waals surface area contributed by atoms with Crippen LogP contribution in [0.25, 0.3) is 5.57 Å². The van der Waals surface area contributed by atoms with Crippen LogP contribution in [-0.4, -0.2) is 41.8 Å². The molecule has 1 fully saturated rings. The maximum absolute atomic E-state index is 13.5. The number of hydrogen-bond donors (Lipinski definition) is 0. The van der Waals surface area contributed by atoms with Crippen LogP contribution in [0.1, 0.15) is 36.5 Å². The highest BCUT2D eigenvalue weighted by Gasteiger charge is 2.42. The largest absolute Gasteiger partial charge is 0.497 e. The standard InChI is InChI=1S/C25H28N2O3/c1-17-4-6-19(7-5-17)16-27-24(28)22(20-8-10-21(30-3)11-9-20)23(25(27)29)26-14-12-18(2)13-15-26/h4-11,18H,12-16H2,1-3H3. The smallest absolute Gasteiger partial charge is 0.278 e. The summed E-state index contributed by atoms with van der Waals surface area (Å²) in [6.07, 6.45) is 2.05. The van der Waals surface area contributed by atoms with Crippen molar-refractivity contribution >= 4 is 17.4 Å². The van der Waals surface area contributed by atoms with Crippen molar-refractivity contribution in [2.45, 2.75) is 33.2 Å². The van der Waals surface area contributed by atoms with Gasteiger partial charge in [-0.25, -0.2) is 0 Å². The van der Waals surface area contributed by atoms with Crippen molar-refractivity contribution in [3.8, 4) is 5.75 Å². The Morgan fingerprint density at radius 2 is 1.57 bits per heavy atom. The number of aryl methyl sites for hydroxylation is 1. The van der Waals surface area contributed by atoms with Crippen LogP contribution in [0.5, 0.6) is 5.75 Å². The fourth-order valence-electron chi connectivity index (χ4n) is 4.13. The van der Waals surface area contributed by atoms with Gasteiger partial charge in [-0.05, 0) is 48.9 Å². The molecule has 0 aromatic heterocycles. The van der Waals surface area contributed by atoms with E-state index in [1.165, 1.54) is 4.90 Å². The van der Waals surface area contributed by atoms with Gasteiger partial charge in [0.1, 0.15) is 11.4 Å². The predicted molar refractivity (Wildman–Crippen MR) is 117 cm³/mol. The Bertz CT molecular complexity index is 968. The number of amides is 2. The molecule has 0 N–H and O–H groups in total. The molecule has 0 spiro atoms. The van der Waals surface area contributed by atoms with E-state index in [-0.39, 0.29) is 18.4 Å². The molecule has 5 nitrogen and oxygen atoms in total. The van der Waals surface area contributed by atoms with Gasteiger partial charge in [-0.15, -0.1) is 0 Å². The zero-order valence-electron chi connectivity index (χ0n) is 17.9. The molecule has 4 rings (SSSR count). The Hall–Kier alpha value is -3.08. The molecule has 2 heterocycles. The van der Waals surface area contributed by atoms with E-state index in [9.17, 15) is 9.59 Å². The second-order valence-corrected chi connectivity index (χ2v) is 8.30. The number of hydrogen-bond acceptors (Lipinski definition) is 4. The van der Waals surface area contributed by atoms with Gasteiger partial charge in [-0.3, -0.25) is 14.5 Å². The molecule has 0 bridgehead atoms. The number of imide groups is 1. The van der Waals surface area contributed by atoms with Crippen LogP contribution in [0.3, 0.4) is 0 Å². The number of nitrogens with zero attached hydrogens (tertiary/aromatic N) is 2. The Balaban J connectivity index is 1.70. The summed E-state index contributed by atoms with van der Waals surface area (Å²) in [6.45, 7) is 6.14. The minimum Gasteiger partial charge on any atom is -0.497 e. The second-order valence-electron chi connectivity index (χ2n) is 8.30. The summed E-state index contributed by atoms with van der Waals surface area (Å²) in [7, 11) is 1.61. The first kappa shape index (κ1) is 20.2. The van der Waals surface area contributed by atoms with Gasteiger partial charge in [0.25, 0.3) is 11.8 Å². The zero-order valence-corrected chi connectivity index (χ0v) is 17.9. The average Bonchev–Trinajstić information content (AvgIpc) is 3.00. The maximum Gasteiger partial charge on any atom is 0.278 e. The van der Waals surface area contributed by atoms with E-state index in [0.29, 0.717) is 17.2 Å². The molecule has 0 unspecified atom stereocenters. The summed E-state index contributed by atoms with van der Waals surface area (Å²) in [5, 5.41) is 0. The molecule has 30 heavy (non-hydrogen) atoms. The quantitative estimate of drug-likeness (QED) is 0.707. The van der Waals surface area contributed by atoms with E-state index in [2.05, 4.69) is 11.8 Å². The first-order chi connectivity index (χ1) is 14.5. The van der Waals surface area contributed by atoms with Crippen LogP contribution >= 0.6 is 0 Å². The Morgan fingerprint density at radius 1 is 0.933 bits per heavy atom. The lowest BCUT2D eigenvalue weighted by Crippen LogP contribution is -2.38. The van der Waals surface area contributed by atoms with Gasteiger partial charge in [0.15, 0.2) is 0 Å². The highest BCUT2D eigenvalue weighted by atomic mass is 16.5. The second kappa shape index (κ2) is 8.34. The lowest BCUT2D eigenvalue weighted by molar-refractivity contribution is -0.138. The monoisotopic (exact) mass is 404 g/mol. The summed E-state index contributed by atoms with van der Waals surface area (Å²) in [6, 6.07) is 15.4. The molecule has 0 saturated carbocycles. The van der Waals surface area contributed by atoms with Crippen LogP contribution in [0.15, 0.2) is 54.2 Å². The van der Waals surface area contributed by atoms with Crippen molar-refractivity contribution in [3.63, 3.8) is 0 Å². The number of carbonyl (C=O) groups is 2. The van der Waals surface area contributed by atoms with Gasteiger partial charge in [0, 0.05) is 13.1 Å². The number of ether oxygens (including phenoxy) is 1. The lowest BCUT2D eigenvalue weighted by Gasteiger charge is -2.32. The van der Waals surface area contributed by atoms with E-state index >= 15 is 0 Å². The fraction of sp³-hybridized carbons (Fsp3) is 0.360. The Labute approximate surface area is 177 Å². The minimum absolute atomic E-state index is 0.194. The summed E-state index contributed by atoms with van der Waals surface area (Å²) >= 11 is 0. The van der Waals surface area contributed by atoms with Crippen molar-refractivity contribution in [1.82, 2.24) is 9.80 Å². The van der Waals surface area contributed by atoms with Crippen LogP contribution in [0.4, 0.5) is 0 Å². The molecule has 2 aliphatic heterocycles. The summed E-state index contributed by atoms with van der Waals surface area (Å²) in [5.74, 6) is 0.948.